The Morgan fingerprint density at radius 3 is 2.20 bits per heavy atom. The number of benzene rings is 3. The van der Waals surface area contributed by atoms with E-state index < -0.39 is 29.9 Å². The molecule has 0 spiro atoms. The number of rotatable bonds is 5. The number of fused-ring (bicyclic) bond motifs is 1. The average Bonchev–Trinajstić information content (AvgIpc) is 3.39. The van der Waals surface area contributed by atoms with Crippen LogP contribution in [0, 0.1) is 12.8 Å². The van der Waals surface area contributed by atoms with Crippen LogP contribution in [0.25, 0.3) is 0 Å². The summed E-state index contributed by atoms with van der Waals surface area (Å²) in [6.07, 6.45) is -0.977. The van der Waals surface area contributed by atoms with Gasteiger partial charge in [-0.25, -0.2) is 14.8 Å². The standard InChI is InChI=1S/C27H24N2O6/c1-16-6-4-5-7-21(16)29-23(17-8-10-18(11-9-17)27(32)34-3)22-24(35-29)26(31)28(25(22)30)19-12-14-20(33-2)15-13-19/h4-15,22-24H,1-3H3. The Balaban J connectivity index is 1.56. The topological polar surface area (TPSA) is 85.4 Å². The van der Waals surface area contributed by atoms with Gasteiger partial charge in [-0.15, -0.1) is 0 Å². The molecule has 3 unspecified atom stereocenters. The molecule has 0 saturated carbocycles. The number of nitrogens with zero attached hydrogens (tertiary/aromatic N) is 2. The van der Waals surface area contributed by atoms with E-state index in [4.69, 9.17) is 14.3 Å². The molecule has 2 fully saturated rings. The summed E-state index contributed by atoms with van der Waals surface area (Å²) in [4.78, 5) is 46.5. The lowest BCUT2D eigenvalue weighted by atomic mass is 9.90. The van der Waals surface area contributed by atoms with Crippen molar-refractivity contribution in [1.29, 1.82) is 0 Å². The number of esters is 1. The van der Waals surface area contributed by atoms with Crippen molar-refractivity contribution in [3.05, 3.63) is 89.5 Å². The Labute approximate surface area is 202 Å². The van der Waals surface area contributed by atoms with Crippen molar-refractivity contribution in [2.75, 3.05) is 24.2 Å². The molecule has 2 aliphatic heterocycles. The minimum absolute atomic E-state index is 0.344. The van der Waals surface area contributed by atoms with Gasteiger partial charge in [0.2, 0.25) is 5.91 Å². The second-order valence-corrected chi connectivity index (χ2v) is 8.43. The van der Waals surface area contributed by atoms with E-state index >= 15 is 0 Å². The number of carbonyl (C=O) groups is 3. The van der Waals surface area contributed by atoms with Crippen LogP contribution < -0.4 is 14.7 Å². The van der Waals surface area contributed by atoms with Crippen LogP contribution in [-0.2, 0) is 19.2 Å². The molecule has 0 radical (unpaired) electrons. The van der Waals surface area contributed by atoms with Gasteiger partial charge in [-0.05, 0) is 60.5 Å². The van der Waals surface area contributed by atoms with Crippen molar-refractivity contribution >= 4 is 29.2 Å². The van der Waals surface area contributed by atoms with Crippen molar-refractivity contribution in [2.24, 2.45) is 5.92 Å². The minimum atomic E-state index is -0.977. The quantitative estimate of drug-likeness (QED) is 0.412. The molecule has 35 heavy (non-hydrogen) atoms. The van der Waals surface area contributed by atoms with Gasteiger partial charge in [0, 0.05) is 0 Å². The summed E-state index contributed by atoms with van der Waals surface area (Å²) in [6, 6.07) is 20.6. The monoisotopic (exact) mass is 472 g/mol. The summed E-state index contributed by atoms with van der Waals surface area (Å²) < 4.78 is 9.99. The molecule has 3 aromatic rings. The van der Waals surface area contributed by atoms with Gasteiger partial charge in [0.25, 0.3) is 5.91 Å². The number of anilines is 2. The summed E-state index contributed by atoms with van der Waals surface area (Å²) >= 11 is 0. The molecule has 8 nitrogen and oxygen atoms in total. The average molecular weight is 472 g/mol. The molecule has 2 heterocycles. The van der Waals surface area contributed by atoms with E-state index in [1.165, 1.54) is 12.0 Å². The number of amides is 2. The van der Waals surface area contributed by atoms with Crippen molar-refractivity contribution in [1.82, 2.24) is 0 Å². The van der Waals surface area contributed by atoms with Crippen LogP contribution in [0.4, 0.5) is 11.4 Å². The van der Waals surface area contributed by atoms with Gasteiger partial charge >= 0.3 is 5.97 Å². The summed E-state index contributed by atoms with van der Waals surface area (Å²) in [5.41, 5.74) is 3.30. The van der Waals surface area contributed by atoms with E-state index in [9.17, 15) is 14.4 Å². The van der Waals surface area contributed by atoms with Crippen LogP contribution in [0.3, 0.4) is 0 Å². The number of hydroxylamine groups is 1. The molecular weight excluding hydrogens is 448 g/mol. The molecule has 2 amide bonds. The molecular formula is C27H24N2O6. The fourth-order valence-corrected chi connectivity index (χ4v) is 4.69. The maximum Gasteiger partial charge on any atom is 0.337 e. The van der Waals surface area contributed by atoms with E-state index in [0.717, 1.165) is 16.8 Å². The first kappa shape index (κ1) is 22.6. The predicted molar refractivity (Wildman–Crippen MR) is 128 cm³/mol. The zero-order valence-corrected chi connectivity index (χ0v) is 19.5. The van der Waals surface area contributed by atoms with Crippen LogP contribution in [0.5, 0.6) is 5.75 Å². The van der Waals surface area contributed by atoms with Gasteiger partial charge in [-0.3, -0.25) is 14.4 Å². The van der Waals surface area contributed by atoms with E-state index in [-0.39, 0.29) is 5.91 Å². The molecule has 0 aromatic heterocycles. The summed E-state index contributed by atoms with van der Waals surface area (Å²) in [6.45, 7) is 1.94. The SMILES string of the molecule is COC(=O)c1ccc(C2C3C(=O)N(c4ccc(OC)cc4)C(=O)C3ON2c2ccccc2C)cc1. The van der Waals surface area contributed by atoms with Gasteiger partial charge in [0.1, 0.15) is 11.7 Å². The van der Waals surface area contributed by atoms with E-state index in [1.807, 2.05) is 31.2 Å². The highest BCUT2D eigenvalue weighted by Gasteiger charge is 2.60. The molecule has 5 rings (SSSR count). The molecule has 3 aromatic carbocycles. The number of aryl methyl sites for hydroxylation is 1. The third-order valence-corrected chi connectivity index (χ3v) is 6.47. The van der Waals surface area contributed by atoms with Gasteiger partial charge in [0.05, 0.1) is 37.2 Å². The summed E-state index contributed by atoms with van der Waals surface area (Å²) in [7, 11) is 2.87. The maximum absolute atomic E-state index is 13.7. The number of para-hydroxylation sites is 1. The van der Waals surface area contributed by atoms with Crippen molar-refractivity contribution in [3.63, 3.8) is 0 Å². The zero-order chi connectivity index (χ0) is 24.7. The lowest BCUT2D eigenvalue weighted by Crippen LogP contribution is -2.37. The lowest BCUT2D eigenvalue weighted by molar-refractivity contribution is -0.126. The number of carbonyl (C=O) groups excluding carboxylic acids is 3. The third-order valence-electron chi connectivity index (χ3n) is 6.47. The van der Waals surface area contributed by atoms with Crippen LogP contribution in [0.2, 0.25) is 0 Å². The fraction of sp³-hybridized carbons (Fsp3) is 0.222. The fourth-order valence-electron chi connectivity index (χ4n) is 4.69. The van der Waals surface area contributed by atoms with E-state index in [0.29, 0.717) is 17.0 Å². The van der Waals surface area contributed by atoms with Crippen LogP contribution in [0.1, 0.15) is 27.5 Å². The maximum atomic E-state index is 13.7. The molecule has 0 bridgehead atoms. The number of imide groups is 1. The highest BCUT2D eigenvalue weighted by molar-refractivity contribution is 6.24. The molecule has 2 aliphatic rings. The van der Waals surface area contributed by atoms with Crippen molar-refractivity contribution in [3.8, 4) is 5.75 Å². The Kier molecular flexibility index (Phi) is 5.74. The van der Waals surface area contributed by atoms with E-state index in [1.54, 1.807) is 60.7 Å². The third kappa shape index (κ3) is 3.72. The second-order valence-electron chi connectivity index (χ2n) is 8.43. The Morgan fingerprint density at radius 2 is 1.57 bits per heavy atom. The van der Waals surface area contributed by atoms with Crippen molar-refractivity contribution in [2.45, 2.75) is 19.1 Å². The number of ether oxygens (including phenoxy) is 2. The predicted octanol–water partition coefficient (Wildman–Crippen LogP) is 3.84. The molecule has 0 N–H and O–H groups in total. The smallest absolute Gasteiger partial charge is 0.337 e. The second kappa shape index (κ2) is 8.88. The largest absolute Gasteiger partial charge is 0.497 e. The Hall–Kier alpha value is -4.17. The molecule has 3 atom stereocenters. The highest BCUT2D eigenvalue weighted by atomic mass is 16.7. The van der Waals surface area contributed by atoms with Crippen molar-refractivity contribution < 1.29 is 28.7 Å². The lowest BCUT2D eigenvalue weighted by Gasteiger charge is -2.29. The molecule has 8 heteroatoms. The first-order chi connectivity index (χ1) is 16.9. The molecule has 178 valence electrons. The van der Waals surface area contributed by atoms with E-state index in [2.05, 4.69) is 0 Å². The van der Waals surface area contributed by atoms with Gasteiger partial charge < -0.3 is 9.47 Å². The van der Waals surface area contributed by atoms with Crippen LogP contribution in [-0.4, -0.2) is 38.1 Å². The number of methoxy groups -OCH3 is 2. The zero-order valence-electron chi connectivity index (χ0n) is 19.5. The van der Waals surface area contributed by atoms with Gasteiger partial charge in [-0.1, -0.05) is 30.3 Å². The number of hydrogen-bond donors (Lipinski definition) is 0. The molecule has 0 aliphatic carbocycles. The van der Waals surface area contributed by atoms with Gasteiger partial charge in [0.15, 0.2) is 6.10 Å². The number of hydrogen-bond acceptors (Lipinski definition) is 7. The normalized spacial score (nSPS) is 21.3. The highest BCUT2D eigenvalue weighted by Crippen LogP contribution is 2.48. The summed E-state index contributed by atoms with van der Waals surface area (Å²) in [5, 5.41) is 1.65. The van der Waals surface area contributed by atoms with Crippen LogP contribution >= 0.6 is 0 Å². The van der Waals surface area contributed by atoms with Crippen LogP contribution in [0.15, 0.2) is 72.8 Å². The Bertz CT molecular complexity index is 1290. The molecule has 2 saturated heterocycles. The van der Waals surface area contributed by atoms with Gasteiger partial charge in [-0.2, -0.15) is 0 Å². The first-order valence-electron chi connectivity index (χ1n) is 11.2. The minimum Gasteiger partial charge on any atom is -0.497 e. The Morgan fingerprint density at radius 1 is 0.886 bits per heavy atom. The summed E-state index contributed by atoms with van der Waals surface area (Å²) in [5.74, 6) is -1.36. The first-order valence-corrected chi connectivity index (χ1v) is 11.2.